The lowest BCUT2D eigenvalue weighted by atomic mass is 9.95. The van der Waals surface area contributed by atoms with Crippen molar-refractivity contribution in [2.24, 2.45) is 0 Å². The molecule has 1 atom stereocenters. The molecule has 0 saturated heterocycles. The summed E-state index contributed by atoms with van der Waals surface area (Å²) in [7, 11) is 3.10. The number of rotatable bonds is 14. The molecule has 2 rings (SSSR count). The Labute approximate surface area is 192 Å². The second-order valence-electron chi connectivity index (χ2n) is 8.23. The van der Waals surface area contributed by atoms with Crippen molar-refractivity contribution in [3.05, 3.63) is 35.1 Å². The second kappa shape index (κ2) is 12.5. The van der Waals surface area contributed by atoms with E-state index in [-0.39, 0.29) is 11.4 Å². The molecule has 0 bridgehead atoms. The standard InChI is InChI=1S/C25H38N2O5/c1-6-8-13-26(14-9-7-2)15-10-16-27-23(22(18(3)28)24(29)25(27)30)20-17-19(31-4)11-12-21(20)32-5/h11-12,17,23,29H,6-10,13-16H2,1-5H3/t23-/m1/s1. The van der Waals surface area contributed by atoms with E-state index in [1.807, 2.05) is 0 Å². The summed E-state index contributed by atoms with van der Waals surface area (Å²) < 4.78 is 10.9. The van der Waals surface area contributed by atoms with Crippen LogP contribution in [-0.4, -0.2) is 67.0 Å². The van der Waals surface area contributed by atoms with Gasteiger partial charge in [-0.3, -0.25) is 9.59 Å². The SMILES string of the molecule is CCCCN(CCCC)CCCN1C(=O)C(O)=C(C(C)=O)[C@H]1c1cc(OC)ccc1OC. The molecule has 1 amide bonds. The fraction of sp³-hybridized carbons (Fsp3) is 0.600. The highest BCUT2D eigenvalue weighted by molar-refractivity contribution is 6.08. The zero-order valence-corrected chi connectivity index (χ0v) is 20.1. The van der Waals surface area contributed by atoms with Crippen LogP contribution in [0.25, 0.3) is 0 Å². The van der Waals surface area contributed by atoms with Gasteiger partial charge >= 0.3 is 0 Å². The number of carbonyl (C=O) groups excluding carboxylic acids is 2. The lowest BCUT2D eigenvalue weighted by molar-refractivity contribution is -0.129. The first-order valence-corrected chi connectivity index (χ1v) is 11.6. The molecule has 0 aliphatic carbocycles. The first kappa shape index (κ1) is 25.7. The molecular weight excluding hydrogens is 408 g/mol. The maximum atomic E-state index is 13.0. The van der Waals surface area contributed by atoms with Crippen LogP contribution in [-0.2, 0) is 9.59 Å². The number of hydrogen-bond acceptors (Lipinski definition) is 6. The lowest BCUT2D eigenvalue weighted by Gasteiger charge is -2.29. The third-order valence-electron chi connectivity index (χ3n) is 5.94. The van der Waals surface area contributed by atoms with E-state index in [0.29, 0.717) is 23.6 Å². The maximum absolute atomic E-state index is 13.0. The predicted molar refractivity (Wildman–Crippen MR) is 125 cm³/mol. The number of methoxy groups -OCH3 is 2. The van der Waals surface area contributed by atoms with Crippen molar-refractivity contribution in [2.45, 2.75) is 58.9 Å². The fourth-order valence-corrected chi connectivity index (χ4v) is 4.18. The molecule has 7 nitrogen and oxygen atoms in total. The summed E-state index contributed by atoms with van der Waals surface area (Å²) in [5.74, 6) is -0.192. The minimum Gasteiger partial charge on any atom is -0.503 e. The van der Waals surface area contributed by atoms with Crippen LogP contribution < -0.4 is 9.47 Å². The average molecular weight is 447 g/mol. The number of nitrogens with zero attached hydrogens (tertiary/aromatic N) is 2. The van der Waals surface area contributed by atoms with E-state index >= 15 is 0 Å². The minimum absolute atomic E-state index is 0.107. The van der Waals surface area contributed by atoms with Crippen molar-refractivity contribution < 1.29 is 24.2 Å². The number of amides is 1. The largest absolute Gasteiger partial charge is 0.503 e. The van der Waals surface area contributed by atoms with Crippen LogP contribution in [0.3, 0.4) is 0 Å². The number of hydrogen-bond donors (Lipinski definition) is 1. The van der Waals surface area contributed by atoms with Crippen LogP contribution in [0, 0.1) is 0 Å². The second-order valence-corrected chi connectivity index (χ2v) is 8.23. The van der Waals surface area contributed by atoms with Gasteiger partial charge in [0.2, 0.25) is 0 Å². The van der Waals surface area contributed by atoms with Crippen LogP contribution >= 0.6 is 0 Å². The first-order valence-electron chi connectivity index (χ1n) is 11.6. The van der Waals surface area contributed by atoms with E-state index in [0.717, 1.165) is 51.7 Å². The van der Waals surface area contributed by atoms with Crippen LogP contribution in [0.5, 0.6) is 11.5 Å². The molecule has 7 heteroatoms. The van der Waals surface area contributed by atoms with E-state index in [1.54, 1.807) is 37.3 Å². The number of ether oxygens (including phenoxy) is 2. The van der Waals surface area contributed by atoms with Gasteiger partial charge in [-0.15, -0.1) is 0 Å². The van der Waals surface area contributed by atoms with Crippen LogP contribution in [0.2, 0.25) is 0 Å². The van der Waals surface area contributed by atoms with Gasteiger partial charge in [-0.05, 0) is 64.0 Å². The molecule has 1 N–H and O–H groups in total. The molecule has 32 heavy (non-hydrogen) atoms. The van der Waals surface area contributed by atoms with Gasteiger partial charge in [0.1, 0.15) is 11.5 Å². The zero-order valence-electron chi connectivity index (χ0n) is 20.1. The molecular formula is C25H38N2O5. The zero-order chi connectivity index (χ0) is 23.7. The van der Waals surface area contributed by atoms with Crippen molar-refractivity contribution in [3.8, 4) is 11.5 Å². The van der Waals surface area contributed by atoms with Crippen LogP contribution in [0.1, 0.15) is 64.5 Å². The maximum Gasteiger partial charge on any atom is 0.290 e. The summed E-state index contributed by atoms with van der Waals surface area (Å²) in [6.45, 7) is 9.12. The van der Waals surface area contributed by atoms with E-state index in [9.17, 15) is 14.7 Å². The summed E-state index contributed by atoms with van der Waals surface area (Å²) in [6.07, 6.45) is 5.33. The Balaban J connectivity index is 2.29. The highest BCUT2D eigenvalue weighted by atomic mass is 16.5. The average Bonchev–Trinajstić information content (AvgIpc) is 3.04. The van der Waals surface area contributed by atoms with Crippen LogP contribution in [0.15, 0.2) is 29.5 Å². The Hall–Kier alpha value is -2.54. The molecule has 0 fully saturated rings. The summed E-state index contributed by atoms with van der Waals surface area (Å²) in [6, 6.07) is 4.57. The topological polar surface area (TPSA) is 79.3 Å². The number of carbonyl (C=O) groups is 2. The fourth-order valence-electron chi connectivity index (χ4n) is 4.18. The number of aliphatic hydroxyl groups is 1. The van der Waals surface area contributed by atoms with Crippen LogP contribution in [0.4, 0.5) is 0 Å². The molecule has 0 radical (unpaired) electrons. The monoisotopic (exact) mass is 446 g/mol. The summed E-state index contributed by atoms with van der Waals surface area (Å²) in [5, 5.41) is 10.5. The Bertz CT molecular complexity index is 813. The van der Waals surface area contributed by atoms with Crippen molar-refractivity contribution in [1.29, 1.82) is 0 Å². The van der Waals surface area contributed by atoms with Gasteiger partial charge in [-0.1, -0.05) is 26.7 Å². The molecule has 0 unspecified atom stereocenters. The van der Waals surface area contributed by atoms with Gasteiger partial charge in [-0.2, -0.15) is 0 Å². The molecule has 1 aliphatic heterocycles. The summed E-state index contributed by atoms with van der Waals surface area (Å²) >= 11 is 0. The Morgan fingerprint density at radius 3 is 2.22 bits per heavy atom. The third kappa shape index (κ3) is 6.03. The number of benzene rings is 1. The minimum atomic E-state index is -0.704. The molecule has 0 spiro atoms. The highest BCUT2D eigenvalue weighted by Crippen LogP contribution is 2.42. The van der Waals surface area contributed by atoms with E-state index in [4.69, 9.17) is 9.47 Å². The van der Waals surface area contributed by atoms with Gasteiger partial charge in [0.15, 0.2) is 11.5 Å². The molecule has 178 valence electrons. The molecule has 1 aromatic carbocycles. The van der Waals surface area contributed by atoms with Gasteiger partial charge < -0.3 is 24.4 Å². The summed E-state index contributed by atoms with van der Waals surface area (Å²) in [5.41, 5.74) is 0.735. The summed E-state index contributed by atoms with van der Waals surface area (Å²) in [4.78, 5) is 29.4. The van der Waals surface area contributed by atoms with Gasteiger partial charge in [0.25, 0.3) is 5.91 Å². The van der Waals surface area contributed by atoms with Gasteiger partial charge in [-0.25, -0.2) is 0 Å². The third-order valence-corrected chi connectivity index (χ3v) is 5.94. The number of unbranched alkanes of at least 4 members (excludes halogenated alkanes) is 2. The van der Waals surface area contributed by atoms with Gasteiger partial charge in [0, 0.05) is 12.1 Å². The van der Waals surface area contributed by atoms with E-state index in [1.165, 1.54) is 6.92 Å². The molecule has 0 saturated carbocycles. The smallest absolute Gasteiger partial charge is 0.290 e. The Kier molecular flexibility index (Phi) is 10.0. The molecule has 1 aliphatic rings. The molecule has 1 aromatic rings. The van der Waals surface area contributed by atoms with Crippen molar-refractivity contribution in [2.75, 3.05) is 40.4 Å². The van der Waals surface area contributed by atoms with E-state index < -0.39 is 17.7 Å². The van der Waals surface area contributed by atoms with Gasteiger partial charge in [0.05, 0.1) is 25.8 Å². The molecule has 1 heterocycles. The Morgan fingerprint density at radius 2 is 1.69 bits per heavy atom. The van der Waals surface area contributed by atoms with Crippen molar-refractivity contribution in [1.82, 2.24) is 9.80 Å². The number of Topliss-reactive ketones (excluding diaryl/α,β-unsaturated/α-hetero) is 1. The number of ketones is 1. The first-order chi connectivity index (χ1) is 15.4. The quantitative estimate of drug-likeness (QED) is 0.459. The Morgan fingerprint density at radius 1 is 1.06 bits per heavy atom. The van der Waals surface area contributed by atoms with Crippen molar-refractivity contribution >= 4 is 11.7 Å². The normalized spacial score (nSPS) is 16.2. The lowest BCUT2D eigenvalue weighted by Crippen LogP contribution is -2.35. The highest BCUT2D eigenvalue weighted by Gasteiger charge is 2.43. The predicted octanol–water partition coefficient (Wildman–Crippen LogP) is 4.28. The van der Waals surface area contributed by atoms with E-state index in [2.05, 4.69) is 18.7 Å². The molecule has 0 aromatic heterocycles. The van der Waals surface area contributed by atoms with Crippen molar-refractivity contribution in [3.63, 3.8) is 0 Å². The number of aliphatic hydroxyl groups excluding tert-OH is 1.